The van der Waals surface area contributed by atoms with Crippen LogP contribution in [0.4, 0.5) is 23.2 Å². The molecule has 2 unspecified atom stereocenters. The van der Waals surface area contributed by atoms with Crippen LogP contribution in [-0.2, 0) is 15.1 Å². The Balaban J connectivity index is 1.93. The van der Waals surface area contributed by atoms with Crippen LogP contribution in [0, 0.1) is 5.82 Å². The average Bonchev–Trinajstić information content (AvgIpc) is 2.76. The fourth-order valence-corrected chi connectivity index (χ4v) is 4.18. The smallest absolute Gasteiger partial charge is 0.352 e. The number of hydrogen-bond donors (Lipinski definition) is 1. The van der Waals surface area contributed by atoms with Gasteiger partial charge in [-0.1, -0.05) is 0 Å². The number of carbonyl (C=O) groups excluding carboxylic acids is 2. The summed E-state index contributed by atoms with van der Waals surface area (Å²) >= 11 is 0. The highest BCUT2D eigenvalue weighted by atomic mass is 19.3. The number of nitrogens with one attached hydrogen (secondary N) is 1. The van der Waals surface area contributed by atoms with Crippen LogP contribution in [0.5, 0.6) is 0 Å². The Morgan fingerprint density at radius 3 is 2.44 bits per heavy atom. The second kappa shape index (κ2) is 8.45. The second-order valence-electron chi connectivity index (χ2n) is 9.50. The monoisotopic (exact) mass is 508 g/mol. The lowest BCUT2D eigenvalue weighted by Gasteiger charge is -2.51. The zero-order chi connectivity index (χ0) is 26.7. The number of benzene rings is 1. The van der Waals surface area contributed by atoms with Crippen molar-refractivity contribution in [2.24, 2.45) is 0 Å². The molecule has 36 heavy (non-hydrogen) atoms. The largest absolute Gasteiger partial charge is 0.462 e. The van der Waals surface area contributed by atoms with E-state index in [4.69, 9.17) is 4.74 Å². The van der Waals surface area contributed by atoms with Crippen LogP contribution in [0.3, 0.4) is 0 Å². The van der Waals surface area contributed by atoms with E-state index in [9.17, 15) is 31.9 Å². The van der Waals surface area contributed by atoms with Gasteiger partial charge in [-0.2, -0.15) is 8.78 Å². The van der Waals surface area contributed by atoms with E-state index < -0.39 is 52.7 Å². The highest BCUT2D eigenvalue weighted by Crippen LogP contribution is 2.46. The Bertz CT molecular complexity index is 1460. The van der Waals surface area contributed by atoms with Crippen molar-refractivity contribution in [3.63, 3.8) is 0 Å². The molecule has 1 fully saturated rings. The third-order valence-electron chi connectivity index (χ3n) is 5.89. The lowest BCUT2D eigenvalue weighted by atomic mass is 10.00. The van der Waals surface area contributed by atoms with Gasteiger partial charge in [0.15, 0.2) is 6.04 Å². The zero-order valence-electron chi connectivity index (χ0n) is 20.2. The number of hydrogen-bond acceptors (Lipinski definition) is 6. The number of ether oxygens (including phenoxy) is 1. The number of esters is 1. The van der Waals surface area contributed by atoms with Crippen LogP contribution in [0.25, 0.3) is 21.9 Å². The summed E-state index contributed by atoms with van der Waals surface area (Å²) < 4.78 is 65.4. The first kappa shape index (κ1) is 25.4. The van der Waals surface area contributed by atoms with Crippen LogP contribution in [0.1, 0.15) is 45.0 Å². The molecule has 4 rings (SSSR count). The number of alkyl halides is 3. The highest BCUT2D eigenvalue weighted by molar-refractivity contribution is 5.97. The van der Waals surface area contributed by atoms with Gasteiger partial charge in [-0.15, -0.1) is 0 Å². The summed E-state index contributed by atoms with van der Waals surface area (Å²) in [6, 6.07) is -2.89. The van der Waals surface area contributed by atoms with Crippen molar-refractivity contribution in [2.75, 3.05) is 11.5 Å². The van der Waals surface area contributed by atoms with Gasteiger partial charge in [0.2, 0.25) is 17.6 Å². The fourth-order valence-electron chi connectivity index (χ4n) is 4.18. The molecule has 2 aromatic heterocycles. The van der Waals surface area contributed by atoms with E-state index in [0.29, 0.717) is 0 Å². The predicted molar refractivity (Wildman–Crippen MR) is 124 cm³/mol. The topological polar surface area (TPSA) is 93.5 Å². The van der Waals surface area contributed by atoms with Crippen LogP contribution in [-0.4, -0.2) is 46.4 Å². The average molecular weight is 508 g/mol. The summed E-state index contributed by atoms with van der Waals surface area (Å²) in [5.74, 6) is -2.85. The van der Waals surface area contributed by atoms with Crippen molar-refractivity contribution in [1.82, 2.24) is 14.9 Å². The number of amides is 1. The van der Waals surface area contributed by atoms with Gasteiger partial charge in [0, 0.05) is 24.0 Å². The maximum Gasteiger partial charge on any atom is 0.352 e. The zero-order valence-corrected chi connectivity index (χ0v) is 20.2. The number of carbonyl (C=O) groups is 2. The summed E-state index contributed by atoms with van der Waals surface area (Å²) in [6.07, 6.45) is -1.07. The van der Waals surface area contributed by atoms with Crippen LogP contribution >= 0.6 is 0 Å². The summed E-state index contributed by atoms with van der Waals surface area (Å²) in [4.78, 5) is 41.0. The molecule has 1 amide bonds. The first-order valence-corrected chi connectivity index (χ1v) is 11.1. The molecule has 0 aliphatic carbocycles. The van der Waals surface area contributed by atoms with E-state index in [1.54, 1.807) is 32.3 Å². The molecule has 1 aliphatic rings. The number of aromatic nitrogens is 2. The molecule has 3 heterocycles. The maximum atomic E-state index is 15.0. The number of pyridine rings is 2. The Morgan fingerprint density at radius 2 is 1.89 bits per heavy atom. The molecule has 8 nitrogen and oxygen atoms in total. The molecule has 1 aromatic carbocycles. The number of nitrogens with zero attached hydrogens (tertiary/aromatic N) is 3. The SMILES string of the molecule is CCOC(=O)c1cn(C(C)(C)C)c2nc3cc(N4C(F)C(NC(C)=O)C4(F)F)c(F)cc3cc2c1=O. The normalized spacial score (nSPS) is 19.3. The Morgan fingerprint density at radius 1 is 1.22 bits per heavy atom. The van der Waals surface area contributed by atoms with Crippen molar-refractivity contribution in [3.05, 3.63) is 46.0 Å². The van der Waals surface area contributed by atoms with Gasteiger partial charge in [-0.25, -0.2) is 18.6 Å². The third-order valence-corrected chi connectivity index (χ3v) is 5.89. The minimum atomic E-state index is -3.89. The molecule has 1 aliphatic heterocycles. The van der Waals surface area contributed by atoms with E-state index in [0.717, 1.165) is 19.1 Å². The van der Waals surface area contributed by atoms with Crippen molar-refractivity contribution in [2.45, 2.75) is 58.5 Å². The van der Waals surface area contributed by atoms with Gasteiger partial charge in [0.05, 0.1) is 23.2 Å². The molecule has 12 heteroatoms. The molecule has 192 valence electrons. The highest BCUT2D eigenvalue weighted by Gasteiger charge is 2.65. The van der Waals surface area contributed by atoms with Gasteiger partial charge in [0.25, 0.3) is 0 Å². The molecular weight excluding hydrogens is 484 g/mol. The Labute approximate surface area is 202 Å². The minimum absolute atomic E-state index is 0.00139. The van der Waals surface area contributed by atoms with Gasteiger partial charge >= 0.3 is 12.0 Å². The standard InChI is InChI=1S/C24H24F4N4O4/c1-6-36-22(35)14-10-31(23(3,4)5)21-13(18(14)34)7-12-8-15(25)17(9-16(12)30-21)32-20(26)19(24(32,27)28)29-11(2)33/h7-10,19-20H,6H2,1-5H3,(H,29,33). The molecule has 1 saturated heterocycles. The minimum Gasteiger partial charge on any atom is -0.462 e. The Kier molecular flexibility index (Phi) is 5.96. The maximum absolute atomic E-state index is 15.0. The second-order valence-corrected chi connectivity index (χ2v) is 9.50. The molecule has 0 saturated carbocycles. The molecule has 1 N–H and O–H groups in total. The Hall–Kier alpha value is -3.70. The van der Waals surface area contributed by atoms with E-state index in [2.05, 4.69) is 4.98 Å². The molecule has 0 bridgehead atoms. The molecular formula is C24H24F4N4O4. The summed E-state index contributed by atoms with van der Waals surface area (Å²) in [6.45, 7) is 8.01. The van der Waals surface area contributed by atoms with Crippen LogP contribution < -0.4 is 15.6 Å². The third kappa shape index (κ3) is 3.94. The number of anilines is 1. The lowest BCUT2D eigenvalue weighted by molar-refractivity contribution is -0.155. The first-order valence-electron chi connectivity index (χ1n) is 11.1. The summed E-state index contributed by atoms with van der Waals surface area (Å²) in [7, 11) is 0. The van der Waals surface area contributed by atoms with E-state index in [1.165, 1.54) is 12.3 Å². The number of fused-ring (bicyclic) bond motifs is 2. The predicted octanol–water partition coefficient (Wildman–Crippen LogP) is 3.83. The van der Waals surface area contributed by atoms with Crippen LogP contribution in [0.2, 0.25) is 0 Å². The number of halogens is 4. The molecule has 2 atom stereocenters. The van der Waals surface area contributed by atoms with Gasteiger partial charge < -0.3 is 14.6 Å². The van der Waals surface area contributed by atoms with Crippen molar-refractivity contribution < 1.29 is 31.9 Å². The van der Waals surface area contributed by atoms with E-state index >= 15 is 0 Å². The van der Waals surface area contributed by atoms with Crippen molar-refractivity contribution in [3.8, 4) is 0 Å². The summed E-state index contributed by atoms with van der Waals surface area (Å²) in [5.41, 5.74) is -2.21. The summed E-state index contributed by atoms with van der Waals surface area (Å²) in [5, 5.41) is 1.92. The quantitative estimate of drug-likeness (QED) is 0.249. The molecule has 0 radical (unpaired) electrons. The van der Waals surface area contributed by atoms with Gasteiger partial charge in [-0.05, 0) is 45.9 Å². The van der Waals surface area contributed by atoms with Crippen molar-refractivity contribution >= 4 is 39.5 Å². The van der Waals surface area contributed by atoms with E-state index in [1.807, 2.05) is 5.32 Å². The molecule has 0 spiro atoms. The van der Waals surface area contributed by atoms with Gasteiger partial charge in [-0.3, -0.25) is 14.5 Å². The van der Waals surface area contributed by atoms with Gasteiger partial charge in [0.1, 0.15) is 17.0 Å². The first-order chi connectivity index (χ1) is 16.7. The number of rotatable bonds is 4. The fraction of sp³-hybridized carbons (Fsp3) is 0.417. The van der Waals surface area contributed by atoms with Crippen LogP contribution in [0.15, 0.2) is 29.2 Å². The van der Waals surface area contributed by atoms with E-state index in [-0.39, 0.29) is 39.0 Å². The van der Waals surface area contributed by atoms with Crippen molar-refractivity contribution in [1.29, 1.82) is 0 Å². The lowest BCUT2D eigenvalue weighted by Crippen LogP contribution is -2.76. The molecule has 3 aromatic rings.